The number of aromatic nitrogens is 2. The Morgan fingerprint density at radius 3 is 2.80 bits per heavy atom. The number of hydrogen-bond acceptors (Lipinski definition) is 5. The monoisotopic (exact) mass is 419 g/mol. The van der Waals surface area contributed by atoms with Crippen molar-refractivity contribution in [1.29, 1.82) is 0 Å². The molecule has 6 nitrogen and oxygen atoms in total. The van der Waals surface area contributed by atoms with E-state index in [0.29, 0.717) is 45.6 Å². The van der Waals surface area contributed by atoms with E-state index in [-0.39, 0.29) is 5.91 Å². The van der Waals surface area contributed by atoms with E-state index in [1.165, 1.54) is 0 Å². The summed E-state index contributed by atoms with van der Waals surface area (Å²) in [4.78, 5) is 17.1. The smallest absolute Gasteiger partial charge is 0.261 e. The first kappa shape index (κ1) is 19.7. The van der Waals surface area contributed by atoms with E-state index in [1.54, 1.807) is 43.6 Å². The molecular weight excluding hydrogens is 402 g/mol. The summed E-state index contributed by atoms with van der Waals surface area (Å²) < 4.78 is 11.1. The van der Waals surface area contributed by atoms with E-state index in [9.17, 15) is 4.79 Å². The molecule has 0 aliphatic rings. The minimum Gasteiger partial charge on any atom is -0.489 e. The highest BCUT2D eigenvalue weighted by Crippen LogP contribution is 2.31. The fraction of sp³-hybridized carbons (Fsp3) is 0.0870. The van der Waals surface area contributed by atoms with Crippen molar-refractivity contribution in [3.8, 4) is 17.0 Å². The Kier molecular flexibility index (Phi) is 5.77. The third-order valence-electron chi connectivity index (χ3n) is 4.44. The molecule has 0 bridgehead atoms. The molecule has 0 spiro atoms. The first-order valence-electron chi connectivity index (χ1n) is 9.26. The van der Waals surface area contributed by atoms with Crippen molar-refractivity contribution in [3.05, 3.63) is 95.0 Å². The quantitative estimate of drug-likeness (QED) is 0.444. The topological polar surface area (TPSA) is 77.2 Å². The van der Waals surface area contributed by atoms with Crippen LogP contribution in [0.3, 0.4) is 0 Å². The standard InChI is InChI=1S/C23H18ClN3O3/c1-15-21(22(27-30-15)19-9-2-3-10-20(19)24)23(28)26-17-7-4-8-18(12-17)29-14-16-6-5-11-25-13-16/h2-13H,14H2,1H3,(H,26,28). The van der Waals surface area contributed by atoms with Crippen LogP contribution in [0.1, 0.15) is 21.7 Å². The Morgan fingerprint density at radius 2 is 2.00 bits per heavy atom. The zero-order valence-corrected chi connectivity index (χ0v) is 16.9. The van der Waals surface area contributed by atoms with Crippen molar-refractivity contribution in [2.45, 2.75) is 13.5 Å². The van der Waals surface area contributed by atoms with Crippen LogP contribution in [0, 0.1) is 6.92 Å². The van der Waals surface area contributed by atoms with Crippen LogP contribution in [0.15, 0.2) is 77.6 Å². The molecule has 0 atom stereocenters. The molecule has 150 valence electrons. The lowest BCUT2D eigenvalue weighted by molar-refractivity contribution is 0.102. The van der Waals surface area contributed by atoms with Gasteiger partial charge in [0.1, 0.15) is 29.4 Å². The van der Waals surface area contributed by atoms with Gasteiger partial charge in [0, 0.05) is 35.3 Å². The second-order valence-electron chi connectivity index (χ2n) is 6.57. The van der Waals surface area contributed by atoms with E-state index in [1.807, 2.05) is 36.4 Å². The number of nitrogens with one attached hydrogen (secondary N) is 1. The van der Waals surface area contributed by atoms with Gasteiger partial charge in [0.15, 0.2) is 0 Å². The summed E-state index contributed by atoms with van der Waals surface area (Å²) in [5.74, 6) is 0.699. The Labute approximate surface area is 178 Å². The molecule has 0 radical (unpaired) electrons. The second kappa shape index (κ2) is 8.80. The number of halogens is 1. The molecular formula is C23H18ClN3O3. The molecule has 0 aliphatic carbocycles. The number of carbonyl (C=O) groups excluding carboxylic acids is 1. The molecule has 2 aromatic heterocycles. The van der Waals surface area contributed by atoms with Crippen molar-refractivity contribution < 1.29 is 14.1 Å². The highest BCUT2D eigenvalue weighted by atomic mass is 35.5. The van der Waals surface area contributed by atoms with Gasteiger partial charge in [0.25, 0.3) is 5.91 Å². The summed E-state index contributed by atoms with van der Waals surface area (Å²) in [7, 11) is 0. The van der Waals surface area contributed by atoms with E-state index in [0.717, 1.165) is 5.56 Å². The van der Waals surface area contributed by atoms with Gasteiger partial charge in [-0.25, -0.2) is 0 Å². The van der Waals surface area contributed by atoms with Gasteiger partial charge in [0.05, 0.1) is 5.02 Å². The van der Waals surface area contributed by atoms with Crippen LogP contribution in [-0.2, 0) is 6.61 Å². The normalized spacial score (nSPS) is 10.6. The van der Waals surface area contributed by atoms with Crippen LogP contribution in [0.25, 0.3) is 11.3 Å². The van der Waals surface area contributed by atoms with Crippen molar-refractivity contribution in [2.75, 3.05) is 5.32 Å². The van der Waals surface area contributed by atoms with Crippen LogP contribution in [0.5, 0.6) is 5.75 Å². The fourth-order valence-corrected chi connectivity index (χ4v) is 3.21. The van der Waals surface area contributed by atoms with Crippen molar-refractivity contribution in [2.24, 2.45) is 0 Å². The predicted octanol–water partition coefficient (Wildman–Crippen LogP) is 5.53. The number of pyridine rings is 1. The zero-order chi connectivity index (χ0) is 20.9. The lowest BCUT2D eigenvalue weighted by atomic mass is 10.1. The average molecular weight is 420 g/mol. The van der Waals surface area contributed by atoms with Crippen molar-refractivity contribution in [3.63, 3.8) is 0 Å². The highest BCUT2D eigenvalue weighted by molar-refractivity contribution is 6.33. The maximum Gasteiger partial charge on any atom is 0.261 e. The van der Waals surface area contributed by atoms with Gasteiger partial charge >= 0.3 is 0 Å². The van der Waals surface area contributed by atoms with Crippen LogP contribution < -0.4 is 10.1 Å². The summed E-state index contributed by atoms with van der Waals surface area (Å²) in [5.41, 5.74) is 2.92. The van der Waals surface area contributed by atoms with Gasteiger partial charge in [-0.1, -0.05) is 47.1 Å². The van der Waals surface area contributed by atoms with E-state index in [2.05, 4.69) is 15.5 Å². The molecule has 0 aliphatic heterocycles. The minimum atomic E-state index is -0.340. The van der Waals surface area contributed by atoms with Crippen LogP contribution in [-0.4, -0.2) is 16.0 Å². The summed E-state index contributed by atoms with van der Waals surface area (Å²) in [6.07, 6.45) is 3.46. The largest absolute Gasteiger partial charge is 0.489 e. The molecule has 1 amide bonds. The van der Waals surface area contributed by atoms with Gasteiger partial charge in [-0.3, -0.25) is 9.78 Å². The molecule has 0 fully saturated rings. The Hall–Kier alpha value is -3.64. The molecule has 7 heteroatoms. The minimum absolute atomic E-state index is 0.338. The average Bonchev–Trinajstić information content (AvgIpc) is 3.15. The number of anilines is 1. The number of rotatable bonds is 6. The molecule has 2 heterocycles. The van der Waals surface area contributed by atoms with E-state index < -0.39 is 0 Å². The number of amides is 1. The zero-order valence-electron chi connectivity index (χ0n) is 16.1. The molecule has 0 unspecified atom stereocenters. The third kappa shape index (κ3) is 4.34. The van der Waals surface area contributed by atoms with Crippen LogP contribution in [0.4, 0.5) is 5.69 Å². The molecule has 0 saturated carbocycles. The van der Waals surface area contributed by atoms with Gasteiger partial charge < -0.3 is 14.6 Å². The van der Waals surface area contributed by atoms with Gasteiger partial charge in [-0.2, -0.15) is 0 Å². The molecule has 4 aromatic rings. The maximum absolute atomic E-state index is 13.0. The number of benzene rings is 2. The summed E-state index contributed by atoms with van der Waals surface area (Å²) in [5, 5.41) is 7.41. The molecule has 1 N–H and O–H groups in total. The van der Waals surface area contributed by atoms with E-state index >= 15 is 0 Å². The van der Waals surface area contributed by atoms with Gasteiger partial charge in [-0.05, 0) is 31.2 Å². The maximum atomic E-state index is 13.0. The number of aryl methyl sites for hydroxylation is 1. The number of hydrogen-bond donors (Lipinski definition) is 1. The first-order valence-corrected chi connectivity index (χ1v) is 9.64. The van der Waals surface area contributed by atoms with Crippen LogP contribution >= 0.6 is 11.6 Å². The van der Waals surface area contributed by atoms with Crippen LogP contribution in [0.2, 0.25) is 5.02 Å². The molecule has 2 aromatic carbocycles. The van der Waals surface area contributed by atoms with Crippen molar-refractivity contribution in [1.82, 2.24) is 10.1 Å². The number of carbonyl (C=O) groups is 1. The van der Waals surface area contributed by atoms with E-state index in [4.69, 9.17) is 20.9 Å². The van der Waals surface area contributed by atoms with Gasteiger partial charge in [-0.15, -0.1) is 0 Å². The number of nitrogens with zero attached hydrogens (tertiary/aromatic N) is 2. The first-order chi connectivity index (χ1) is 14.6. The third-order valence-corrected chi connectivity index (χ3v) is 4.77. The fourth-order valence-electron chi connectivity index (χ4n) is 2.98. The highest BCUT2D eigenvalue weighted by Gasteiger charge is 2.23. The summed E-state index contributed by atoms with van der Waals surface area (Å²) in [6, 6.07) is 18.1. The lowest BCUT2D eigenvalue weighted by Gasteiger charge is -2.10. The second-order valence-corrected chi connectivity index (χ2v) is 6.98. The lowest BCUT2D eigenvalue weighted by Crippen LogP contribution is -2.13. The number of ether oxygens (including phenoxy) is 1. The molecule has 0 saturated heterocycles. The van der Waals surface area contributed by atoms with Gasteiger partial charge in [0.2, 0.25) is 0 Å². The molecule has 4 rings (SSSR count). The van der Waals surface area contributed by atoms with Crippen molar-refractivity contribution >= 4 is 23.2 Å². The Bertz CT molecular complexity index is 1180. The predicted molar refractivity (Wildman–Crippen MR) is 115 cm³/mol. The Balaban J connectivity index is 1.52. The molecule has 30 heavy (non-hydrogen) atoms. The summed E-state index contributed by atoms with van der Waals surface area (Å²) in [6.45, 7) is 2.07. The Morgan fingerprint density at radius 1 is 1.13 bits per heavy atom. The summed E-state index contributed by atoms with van der Waals surface area (Å²) >= 11 is 6.28. The SMILES string of the molecule is Cc1onc(-c2ccccc2Cl)c1C(=O)Nc1cccc(OCc2cccnc2)c1.